The van der Waals surface area contributed by atoms with Crippen LogP contribution in [0.5, 0.6) is 0 Å². The molecular formula is C29H3F11N5P. The number of benzene rings is 3. The minimum Gasteiger partial charge on any atom is -0.205 e. The van der Waals surface area contributed by atoms with E-state index in [4.69, 9.17) is 10.5 Å². The van der Waals surface area contributed by atoms with E-state index in [0.29, 0.717) is 6.07 Å². The van der Waals surface area contributed by atoms with Gasteiger partial charge in [-0.05, 0) is 6.07 Å². The third-order valence-corrected chi connectivity index (χ3v) is 6.88. The van der Waals surface area contributed by atoms with Crippen molar-refractivity contribution in [2.45, 2.75) is 0 Å². The number of hydrogen-bond acceptors (Lipinski definition) is 5. The molecule has 0 N–H and O–H groups in total. The van der Waals surface area contributed by atoms with Gasteiger partial charge in [0.05, 0.1) is 33.4 Å². The van der Waals surface area contributed by atoms with Crippen LogP contribution >= 0.6 is 9.24 Å². The van der Waals surface area contributed by atoms with Crippen LogP contribution in [0, 0.1) is 121 Å². The average Bonchev–Trinajstić information content (AvgIpc) is 3.74. The van der Waals surface area contributed by atoms with Gasteiger partial charge in [-0.15, -0.1) is 9.24 Å². The Labute approximate surface area is 251 Å². The van der Waals surface area contributed by atoms with E-state index in [1.165, 1.54) is 0 Å². The van der Waals surface area contributed by atoms with Gasteiger partial charge in [-0.2, -0.15) is 26.3 Å². The Bertz CT molecular complexity index is 2090. The summed E-state index contributed by atoms with van der Waals surface area (Å²) >= 11 is 0. The van der Waals surface area contributed by atoms with Crippen LogP contribution in [0.2, 0.25) is 0 Å². The van der Waals surface area contributed by atoms with Gasteiger partial charge in [0.2, 0.25) is 0 Å². The first kappa shape index (κ1) is 32.9. The summed E-state index contributed by atoms with van der Waals surface area (Å²) in [6.07, 6.45) is 0. The molecule has 0 heterocycles. The number of halogens is 11. The lowest BCUT2D eigenvalue weighted by Crippen LogP contribution is -2.09. The van der Waals surface area contributed by atoms with Crippen molar-refractivity contribution >= 4 is 31.3 Å². The van der Waals surface area contributed by atoms with Gasteiger partial charge in [-0.3, -0.25) is 0 Å². The standard InChI is InChI=1S/C29H3F11N5P/c30-12-1-13(46)25(36)17(24(12)35)7(2-41)14-15(8(3-42)18-26(37)20(31)10(5-44)21(32)27(18)38)16(14)9(4-43)19-28(39)22(33)11(6-45)23(34)29(19)40/h1H,46H2/b14-7?,15-8-,16-9+. The molecule has 0 saturated heterocycles. The zero-order chi connectivity index (χ0) is 34.5. The molecule has 0 aliphatic heterocycles. The van der Waals surface area contributed by atoms with Crippen molar-refractivity contribution in [3.8, 4) is 30.3 Å². The number of allylic oxidation sites excluding steroid dienone is 6. The first-order valence-electron chi connectivity index (χ1n) is 11.6. The van der Waals surface area contributed by atoms with E-state index in [-0.39, 0.29) is 0 Å². The summed E-state index contributed by atoms with van der Waals surface area (Å²) in [5, 5.41) is 46.4. The quantitative estimate of drug-likeness (QED) is 0.134. The largest absolute Gasteiger partial charge is 0.205 e. The summed E-state index contributed by atoms with van der Waals surface area (Å²) in [7, 11) is 1.61. The van der Waals surface area contributed by atoms with Crippen molar-refractivity contribution in [1.29, 1.82) is 26.3 Å². The third-order valence-electron chi connectivity index (χ3n) is 6.46. The molecule has 1 saturated carbocycles. The minimum absolute atomic E-state index is 0.292. The van der Waals surface area contributed by atoms with Crippen LogP contribution in [-0.2, 0) is 0 Å². The molecular weight excluding hydrogens is 658 g/mol. The molecule has 226 valence electrons. The van der Waals surface area contributed by atoms with E-state index in [1.807, 2.05) is 0 Å². The Kier molecular flexibility index (Phi) is 8.45. The maximum atomic E-state index is 15.1. The number of nitriles is 5. The van der Waals surface area contributed by atoms with Crippen LogP contribution < -0.4 is 5.30 Å². The highest BCUT2D eigenvalue weighted by Crippen LogP contribution is 2.57. The zero-order valence-electron chi connectivity index (χ0n) is 21.5. The van der Waals surface area contributed by atoms with E-state index in [9.17, 15) is 42.1 Å². The van der Waals surface area contributed by atoms with Crippen molar-refractivity contribution in [2.24, 2.45) is 0 Å². The lowest BCUT2D eigenvalue weighted by molar-refractivity contribution is 0.446. The predicted octanol–water partition coefficient (Wildman–Crippen LogP) is 6.71. The minimum atomic E-state index is -2.44. The Morgan fingerprint density at radius 2 is 0.717 bits per heavy atom. The molecule has 17 heteroatoms. The number of hydrogen-bond donors (Lipinski definition) is 0. The van der Waals surface area contributed by atoms with Gasteiger partial charge >= 0.3 is 0 Å². The second kappa shape index (κ2) is 11.8. The SMILES string of the molecule is N#CC(=C1C(=C(\C#N)c2c(F)c(F)c(C#N)c(F)c2F)/C1=C(\C#N)c1c(F)c(F)c(C#N)c(F)c1F)c1c(F)c(F)cc(P)c1F. The molecule has 46 heavy (non-hydrogen) atoms. The molecule has 0 radical (unpaired) electrons. The topological polar surface area (TPSA) is 119 Å². The highest BCUT2D eigenvalue weighted by molar-refractivity contribution is 7.27. The molecule has 3 aromatic carbocycles. The highest BCUT2D eigenvalue weighted by Gasteiger charge is 2.46. The molecule has 3 aromatic rings. The molecule has 5 nitrogen and oxygen atoms in total. The second-order valence-corrected chi connectivity index (χ2v) is 9.39. The molecule has 1 aliphatic carbocycles. The van der Waals surface area contributed by atoms with E-state index in [0.717, 1.165) is 30.3 Å². The smallest absolute Gasteiger partial charge is 0.180 e. The van der Waals surface area contributed by atoms with Gasteiger partial charge in [0, 0.05) is 22.0 Å². The Morgan fingerprint density at radius 1 is 0.435 bits per heavy atom. The Balaban J connectivity index is 2.36. The average molecular weight is 661 g/mol. The maximum absolute atomic E-state index is 15.1. The lowest BCUT2D eigenvalue weighted by atomic mass is 9.99. The first-order chi connectivity index (χ1) is 21.7. The zero-order valence-corrected chi connectivity index (χ0v) is 22.7. The molecule has 0 amide bonds. The van der Waals surface area contributed by atoms with Crippen LogP contribution in [0.3, 0.4) is 0 Å². The summed E-state index contributed by atoms with van der Waals surface area (Å²) in [5.41, 5.74) is -17.6. The van der Waals surface area contributed by atoms with Gasteiger partial charge in [0.15, 0.2) is 58.2 Å². The molecule has 1 fully saturated rings. The monoisotopic (exact) mass is 661 g/mol. The van der Waals surface area contributed by atoms with Crippen molar-refractivity contribution in [2.75, 3.05) is 0 Å². The summed E-state index contributed by atoms with van der Waals surface area (Å²) in [6, 6.07) is 5.17. The number of nitrogens with zero attached hydrogens (tertiary/aromatic N) is 5. The van der Waals surface area contributed by atoms with Gasteiger partial charge in [0.1, 0.15) is 47.3 Å². The van der Waals surface area contributed by atoms with E-state index in [1.54, 1.807) is 9.24 Å². The fourth-order valence-corrected chi connectivity index (χ4v) is 4.68. The van der Waals surface area contributed by atoms with Crippen molar-refractivity contribution in [3.05, 3.63) is 115 Å². The van der Waals surface area contributed by atoms with E-state index >= 15 is 22.0 Å². The summed E-state index contributed by atoms with van der Waals surface area (Å²) in [6.45, 7) is 0. The molecule has 0 spiro atoms. The summed E-state index contributed by atoms with van der Waals surface area (Å²) < 4.78 is 162. The fourth-order valence-electron chi connectivity index (χ4n) is 4.39. The van der Waals surface area contributed by atoms with Crippen molar-refractivity contribution < 1.29 is 48.3 Å². The normalized spacial score (nSPS) is 15.2. The molecule has 4 rings (SSSR count). The Hall–Kier alpha value is -6.01. The molecule has 1 unspecified atom stereocenters. The van der Waals surface area contributed by atoms with Gasteiger partial charge in [-0.25, -0.2) is 48.3 Å². The maximum Gasteiger partial charge on any atom is 0.180 e. The van der Waals surface area contributed by atoms with Gasteiger partial charge < -0.3 is 0 Å². The van der Waals surface area contributed by atoms with Crippen molar-refractivity contribution in [3.63, 3.8) is 0 Å². The number of rotatable bonds is 3. The summed E-state index contributed by atoms with van der Waals surface area (Å²) in [4.78, 5) is 0. The van der Waals surface area contributed by atoms with E-state index < -0.39 is 131 Å². The van der Waals surface area contributed by atoms with Crippen molar-refractivity contribution in [1.82, 2.24) is 0 Å². The van der Waals surface area contributed by atoms with Crippen LogP contribution in [0.1, 0.15) is 27.8 Å². The third kappa shape index (κ3) is 4.63. The highest BCUT2D eigenvalue weighted by atomic mass is 31.0. The van der Waals surface area contributed by atoms with Crippen LogP contribution in [-0.4, -0.2) is 0 Å². The van der Waals surface area contributed by atoms with Crippen LogP contribution in [0.25, 0.3) is 16.7 Å². The van der Waals surface area contributed by atoms with Gasteiger partial charge in [0.25, 0.3) is 0 Å². The molecule has 0 bridgehead atoms. The summed E-state index contributed by atoms with van der Waals surface area (Å²) in [5.74, 6) is -24.9. The second-order valence-electron chi connectivity index (χ2n) is 8.77. The first-order valence-corrected chi connectivity index (χ1v) is 12.1. The Morgan fingerprint density at radius 3 is 0.978 bits per heavy atom. The molecule has 1 aliphatic rings. The lowest BCUT2D eigenvalue weighted by Gasteiger charge is -2.08. The van der Waals surface area contributed by atoms with Crippen LogP contribution in [0.4, 0.5) is 48.3 Å². The predicted molar refractivity (Wildman–Crippen MR) is 135 cm³/mol. The van der Waals surface area contributed by atoms with Crippen LogP contribution in [0.15, 0.2) is 22.8 Å². The van der Waals surface area contributed by atoms with Gasteiger partial charge in [-0.1, -0.05) is 0 Å². The molecule has 1 atom stereocenters. The molecule has 0 aromatic heterocycles. The van der Waals surface area contributed by atoms with E-state index in [2.05, 4.69) is 0 Å². The fraction of sp³-hybridized carbons (Fsp3) is 0.